The van der Waals surface area contributed by atoms with Gasteiger partial charge in [-0.3, -0.25) is 18.6 Å². The second kappa shape index (κ2) is 10.8. The average Bonchev–Trinajstić information content (AvgIpc) is 3.35. The van der Waals surface area contributed by atoms with Gasteiger partial charge in [0.2, 0.25) is 0 Å². The Balaban J connectivity index is 1.84. The molecule has 10 nitrogen and oxygen atoms in total. The van der Waals surface area contributed by atoms with Crippen molar-refractivity contribution in [3.63, 3.8) is 0 Å². The molecule has 0 spiro atoms. The number of hydrogen-bond donors (Lipinski definition) is 0. The number of benzene rings is 3. The van der Waals surface area contributed by atoms with E-state index in [9.17, 15) is 31.2 Å². The first-order valence-corrected chi connectivity index (χ1v) is 14.4. The van der Waals surface area contributed by atoms with Gasteiger partial charge in [0.15, 0.2) is 33.1 Å². The predicted octanol–water partition coefficient (Wildman–Crippen LogP) is 3.54. The van der Waals surface area contributed by atoms with E-state index < -0.39 is 45.1 Å². The normalized spacial score (nSPS) is 11.8. The molecule has 2 heterocycles. The summed E-state index contributed by atoms with van der Waals surface area (Å²) < 4.78 is 75.2. The van der Waals surface area contributed by atoms with Crippen LogP contribution in [0.5, 0.6) is 5.75 Å². The Bertz CT molecular complexity index is 2100. The zero-order valence-electron chi connectivity index (χ0n) is 22.2. The van der Waals surface area contributed by atoms with Crippen LogP contribution in [0.3, 0.4) is 0 Å². The van der Waals surface area contributed by atoms with E-state index in [1.165, 1.54) is 48.5 Å². The molecule has 0 N–H and O–H groups in total. The first kappa shape index (κ1) is 29.1. The number of methoxy groups -OCH3 is 1. The highest BCUT2D eigenvalue weighted by Gasteiger charge is 2.22. The third kappa shape index (κ3) is 5.30. The maximum Gasteiger partial charge on any atom is 0.332 e. The lowest BCUT2D eigenvalue weighted by Gasteiger charge is -2.18. The second-order valence-corrected chi connectivity index (χ2v) is 11.9. The smallest absolute Gasteiger partial charge is 0.332 e. The van der Waals surface area contributed by atoms with Crippen LogP contribution in [0, 0.1) is 17.5 Å². The van der Waals surface area contributed by atoms with E-state index in [-0.39, 0.29) is 55.6 Å². The van der Waals surface area contributed by atoms with E-state index in [0.717, 1.165) is 27.5 Å². The molecule has 5 aromatic rings. The SMILES string of the molecule is COc1cc(-c2cc(S(C)(=O)=O)ccc2Cl)cc2c1c(=O)n(Cc1ncn(C)n1)c(=O)n2Cc1cc(F)c(F)c(F)c1. The topological polar surface area (TPSA) is 118 Å². The van der Waals surface area contributed by atoms with E-state index in [0.29, 0.717) is 0 Å². The second-order valence-electron chi connectivity index (χ2n) is 9.45. The lowest BCUT2D eigenvalue weighted by atomic mass is 10.0. The number of halogens is 4. The molecule has 0 bridgehead atoms. The molecule has 5 rings (SSSR count). The summed E-state index contributed by atoms with van der Waals surface area (Å²) in [5.41, 5.74) is -1.26. The highest BCUT2D eigenvalue weighted by atomic mass is 35.5. The Morgan fingerprint density at radius 3 is 2.26 bits per heavy atom. The van der Waals surface area contributed by atoms with Crippen molar-refractivity contribution in [2.24, 2.45) is 7.05 Å². The Hall–Kier alpha value is -4.43. The lowest BCUT2D eigenvalue weighted by Crippen LogP contribution is -2.41. The largest absolute Gasteiger partial charge is 0.496 e. The quantitative estimate of drug-likeness (QED) is 0.256. The standard InChI is InChI=1S/C27H21ClF3N5O5S/c1-34-13-32-23(33-34)12-36-26(37)24-21(35(27(36)38)11-14-6-19(29)25(31)20(30)7-14)8-15(9-22(24)41-2)17-10-16(42(3,39)40)4-5-18(17)28/h4-10,13H,11-12H2,1-3H3. The molecule has 0 aliphatic heterocycles. The Labute approximate surface area is 241 Å². The number of aryl methyl sites for hydroxylation is 1. The van der Waals surface area contributed by atoms with E-state index in [4.69, 9.17) is 16.3 Å². The molecule has 0 aliphatic rings. The molecule has 3 aromatic carbocycles. The third-order valence-corrected chi connectivity index (χ3v) is 7.96. The molecule has 0 atom stereocenters. The fourth-order valence-electron chi connectivity index (χ4n) is 4.54. The minimum atomic E-state index is -3.63. The van der Waals surface area contributed by atoms with Gasteiger partial charge in [0.1, 0.15) is 17.5 Å². The summed E-state index contributed by atoms with van der Waals surface area (Å²) in [5.74, 6) is -4.46. The van der Waals surface area contributed by atoms with Gasteiger partial charge in [0.25, 0.3) is 5.56 Å². The van der Waals surface area contributed by atoms with Crippen molar-refractivity contribution < 1.29 is 26.3 Å². The molecule has 0 saturated carbocycles. The number of fused-ring (bicyclic) bond motifs is 1. The predicted molar refractivity (Wildman–Crippen MR) is 148 cm³/mol. The van der Waals surface area contributed by atoms with Crippen LogP contribution in [-0.2, 0) is 30.0 Å². The van der Waals surface area contributed by atoms with Crippen molar-refractivity contribution in [3.8, 4) is 16.9 Å². The van der Waals surface area contributed by atoms with Crippen molar-refractivity contribution in [2.45, 2.75) is 18.0 Å². The minimum Gasteiger partial charge on any atom is -0.496 e. The lowest BCUT2D eigenvalue weighted by molar-refractivity contribution is 0.418. The van der Waals surface area contributed by atoms with E-state index in [1.807, 2.05) is 0 Å². The molecule has 2 aromatic heterocycles. The summed E-state index contributed by atoms with van der Waals surface area (Å²) in [6, 6.07) is 8.38. The van der Waals surface area contributed by atoms with Gasteiger partial charge in [-0.1, -0.05) is 11.6 Å². The summed E-state index contributed by atoms with van der Waals surface area (Å²) in [4.78, 5) is 31.6. The van der Waals surface area contributed by atoms with Crippen molar-refractivity contribution >= 4 is 32.3 Å². The molecule has 42 heavy (non-hydrogen) atoms. The van der Waals surface area contributed by atoms with Crippen LogP contribution in [0.15, 0.2) is 63.3 Å². The average molecular weight is 620 g/mol. The number of nitrogens with zero attached hydrogens (tertiary/aromatic N) is 5. The van der Waals surface area contributed by atoms with Gasteiger partial charge < -0.3 is 4.74 Å². The van der Waals surface area contributed by atoms with E-state index in [1.54, 1.807) is 7.05 Å². The fraction of sp³-hybridized carbons (Fsp3) is 0.185. The molecular weight excluding hydrogens is 599 g/mol. The van der Waals surface area contributed by atoms with Crippen LogP contribution in [0.4, 0.5) is 13.2 Å². The molecule has 0 radical (unpaired) electrons. The van der Waals surface area contributed by atoms with Crippen LogP contribution in [0.25, 0.3) is 22.0 Å². The molecule has 0 fully saturated rings. The number of ether oxygens (including phenoxy) is 1. The fourth-order valence-corrected chi connectivity index (χ4v) is 5.42. The van der Waals surface area contributed by atoms with Crippen molar-refractivity contribution in [2.75, 3.05) is 13.4 Å². The van der Waals surface area contributed by atoms with Gasteiger partial charge in [-0.05, 0) is 53.6 Å². The zero-order chi connectivity index (χ0) is 30.5. The van der Waals surface area contributed by atoms with Crippen LogP contribution in [0.2, 0.25) is 5.02 Å². The first-order valence-electron chi connectivity index (χ1n) is 12.1. The van der Waals surface area contributed by atoms with Gasteiger partial charge in [-0.15, -0.1) is 0 Å². The number of hydrogen-bond acceptors (Lipinski definition) is 7. The molecule has 15 heteroatoms. The van der Waals surface area contributed by atoms with Crippen molar-refractivity contribution in [1.29, 1.82) is 0 Å². The van der Waals surface area contributed by atoms with Crippen LogP contribution in [-0.4, -0.2) is 45.7 Å². The van der Waals surface area contributed by atoms with Crippen molar-refractivity contribution in [1.82, 2.24) is 23.9 Å². The molecular formula is C27H21ClF3N5O5S. The minimum absolute atomic E-state index is 0.00118. The third-order valence-electron chi connectivity index (χ3n) is 6.52. The highest BCUT2D eigenvalue weighted by Crippen LogP contribution is 2.35. The summed E-state index contributed by atoms with van der Waals surface area (Å²) in [7, 11) is -0.739. The number of aromatic nitrogens is 5. The van der Waals surface area contributed by atoms with Crippen LogP contribution < -0.4 is 16.0 Å². The van der Waals surface area contributed by atoms with Gasteiger partial charge in [0.05, 0.1) is 30.6 Å². The monoisotopic (exact) mass is 619 g/mol. The molecule has 0 saturated heterocycles. The maximum atomic E-state index is 14.1. The van der Waals surface area contributed by atoms with Gasteiger partial charge in [0, 0.05) is 23.9 Å². The molecule has 0 aliphatic carbocycles. The summed E-state index contributed by atoms with van der Waals surface area (Å²) >= 11 is 6.42. The molecule has 0 amide bonds. The van der Waals surface area contributed by atoms with Crippen LogP contribution in [0.1, 0.15) is 11.4 Å². The summed E-state index contributed by atoms with van der Waals surface area (Å²) in [6.07, 6.45) is 2.41. The van der Waals surface area contributed by atoms with Gasteiger partial charge >= 0.3 is 5.69 Å². The molecule has 0 unspecified atom stereocenters. The number of rotatable bonds is 7. The van der Waals surface area contributed by atoms with Gasteiger partial charge in [-0.25, -0.2) is 31.4 Å². The summed E-state index contributed by atoms with van der Waals surface area (Å²) in [5, 5.41) is 4.20. The Morgan fingerprint density at radius 2 is 1.67 bits per heavy atom. The summed E-state index contributed by atoms with van der Waals surface area (Å²) in [6.45, 7) is -0.823. The molecule has 218 valence electrons. The highest BCUT2D eigenvalue weighted by molar-refractivity contribution is 7.90. The van der Waals surface area contributed by atoms with Crippen LogP contribution >= 0.6 is 11.6 Å². The van der Waals surface area contributed by atoms with E-state index >= 15 is 0 Å². The van der Waals surface area contributed by atoms with Crippen molar-refractivity contribution in [3.05, 3.63) is 103 Å². The zero-order valence-corrected chi connectivity index (χ0v) is 23.8. The Morgan fingerprint density at radius 1 is 0.976 bits per heavy atom. The first-order chi connectivity index (χ1) is 19.8. The van der Waals surface area contributed by atoms with E-state index in [2.05, 4.69) is 10.1 Å². The Kier molecular flexibility index (Phi) is 7.45. The maximum absolute atomic E-state index is 14.1. The van der Waals surface area contributed by atoms with Gasteiger partial charge in [-0.2, -0.15) is 5.10 Å². The number of sulfone groups is 1.